The molecule has 1 aliphatic rings. The van der Waals surface area contributed by atoms with Crippen LogP contribution in [0.4, 0.5) is 18.0 Å². The lowest BCUT2D eigenvalue weighted by atomic mass is 9.88. The lowest BCUT2D eigenvalue weighted by Crippen LogP contribution is -2.48. The first-order valence-corrected chi connectivity index (χ1v) is 7.46. The number of aliphatic hydroxyl groups excluding tert-OH is 1. The molecule has 0 saturated carbocycles. The van der Waals surface area contributed by atoms with E-state index < -0.39 is 35.3 Å². The normalized spacial score (nSPS) is 22.9. The molecule has 1 fully saturated rings. The van der Waals surface area contributed by atoms with Crippen LogP contribution in [-0.2, 0) is 11.0 Å². The largest absolute Gasteiger partial charge is 0.416 e. The van der Waals surface area contributed by atoms with Gasteiger partial charge in [-0.3, -0.25) is 9.69 Å². The van der Waals surface area contributed by atoms with Gasteiger partial charge in [-0.1, -0.05) is 26.0 Å². The number of carbonyl (C=O) groups excluding carboxylic acids is 2. The van der Waals surface area contributed by atoms with Crippen molar-refractivity contribution in [2.45, 2.75) is 38.6 Å². The second-order valence-electron chi connectivity index (χ2n) is 6.34. The Kier molecular flexibility index (Phi) is 4.63. The zero-order chi connectivity index (χ0) is 18.3. The Bertz CT molecular complexity index is 643. The van der Waals surface area contributed by atoms with E-state index in [-0.39, 0.29) is 18.0 Å². The van der Waals surface area contributed by atoms with Gasteiger partial charge in [-0.05, 0) is 30.5 Å². The van der Waals surface area contributed by atoms with Gasteiger partial charge in [-0.15, -0.1) is 0 Å². The van der Waals surface area contributed by atoms with Crippen LogP contribution in [0.2, 0.25) is 0 Å². The zero-order valence-electron chi connectivity index (χ0n) is 13.5. The molecule has 0 bridgehead atoms. The molecule has 2 rings (SSSR count). The van der Waals surface area contributed by atoms with Gasteiger partial charge in [0.2, 0.25) is 0 Å². The van der Waals surface area contributed by atoms with Crippen LogP contribution in [0.3, 0.4) is 0 Å². The number of carbonyl (C=O) groups is 2. The highest BCUT2D eigenvalue weighted by molar-refractivity contribution is 6.07. The molecule has 2 N–H and O–H groups in total. The molecule has 3 amide bonds. The van der Waals surface area contributed by atoms with E-state index in [1.807, 2.05) is 0 Å². The molecule has 1 aromatic carbocycles. The summed E-state index contributed by atoms with van der Waals surface area (Å²) in [4.78, 5) is 25.3. The Morgan fingerprint density at radius 3 is 2.17 bits per heavy atom. The lowest BCUT2D eigenvalue weighted by Gasteiger charge is -2.26. The Balaban J connectivity index is 2.14. The number of rotatable bonds is 4. The van der Waals surface area contributed by atoms with Crippen LogP contribution in [0, 0.1) is 5.92 Å². The molecular formula is C16H19F3N2O3. The molecule has 24 heavy (non-hydrogen) atoms. The van der Waals surface area contributed by atoms with E-state index in [9.17, 15) is 27.9 Å². The highest BCUT2D eigenvalue weighted by Gasteiger charge is 2.50. The smallest absolute Gasteiger partial charge is 0.387 e. The van der Waals surface area contributed by atoms with Gasteiger partial charge in [0.15, 0.2) is 0 Å². The van der Waals surface area contributed by atoms with Crippen molar-refractivity contribution in [3.8, 4) is 0 Å². The second kappa shape index (κ2) is 6.08. The molecule has 5 nitrogen and oxygen atoms in total. The van der Waals surface area contributed by atoms with E-state index in [4.69, 9.17) is 0 Å². The maximum atomic E-state index is 12.5. The molecule has 0 aliphatic carbocycles. The molecule has 0 radical (unpaired) electrons. The molecule has 1 saturated heterocycles. The van der Waals surface area contributed by atoms with Crippen LogP contribution in [0.1, 0.15) is 38.0 Å². The maximum Gasteiger partial charge on any atom is 0.416 e. The molecule has 1 aliphatic heterocycles. The molecule has 8 heteroatoms. The summed E-state index contributed by atoms with van der Waals surface area (Å²) in [6.45, 7) is 4.85. The van der Waals surface area contributed by atoms with Crippen LogP contribution < -0.4 is 5.32 Å². The average Bonchev–Trinajstić information content (AvgIpc) is 2.71. The van der Waals surface area contributed by atoms with Crippen LogP contribution in [0.5, 0.6) is 0 Å². The van der Waals surface area contributed by atoms with Gasteiger partial charge < -0.3 is 10.4 Å². The Hall–Kier alpha value is -2.09. The van der Waals surface area contributed by atoms with Gasteiger partial charge in [0.25, 0.3) is 5.91 Å². The SMILES string of the molecule is CC(C)C1(C)NC(=O)N(CC(O)c2ccc(C(F)(F)F)cc2)C1=O. The molecule has 0 aromatic heterocycles. The van der Waals surface area contributed by atoms with Crippen molar-refractivity contribution in [1.29, 1.82) is 0 Å². The average molecular weight is 344 g/mol. The standard InChI is InChI=1S/C16H19F3N2O3/c1-9(2)15(3)13(23)21(14(24)20-15)8-12(22)10-4-6-11(7-5-10)16(17,18)19/h4-7,9,12,22H,8H2,1-3H3,(H,20,24). The van der Waals surface area contributed by atoms with E-state index in [1.165, 1.54) is 0 Å². The molecule has 2 atom stereocenters. The van der Waals surface area contributed by atoms with Gasteiger partial charge in [0.1, 0.15) is 5.54 Å². The van der Waals surface area contributed by atoms with Gasteiger partial charge in [-0.2, -0.15) is 13.2 Å². The Morgan fingerprint density at radius 1 is 1.21 bits per heavy atom. The highest BCUT2D eigenvalue weighted by Crippen LogP contribution is 2.31. The molecule has 0 spiro atoms. The predicted octanol–water partition coefficient (Wildman–Crippen LogP) is 2.71. The summed E-state index contributed by atoms with van der Waals surface area (Å²) in [5.74, 6) is -0.615. The number of hydrogen-bond donors (Lipinski definition) is 2. The van der Waals surface area contributed by atoms with Crippen LogP contribution in [0.25, 0.3) is 0 Å². The lowest BCUT2D eigenvalue weighted by molar-refractivity contribution is -0.137. The van der Waals surface area contributed by atoms with Crippen LogP contribution in [0.15, 0.2) is 24.3 Å². The minimum Gasteiger partial charge on any atom is -0.387 e. The number of nitrogens with zero attached hydrogens (tertiary/aromatic N) is 1. The van der Waals surface area contributed by atoms with Crippen molar-refractivity contribution in [2.75, 3.05) is 6.54 Å². The fourth-order valence-corrected chi connectivity index (χ4v) is 2.45. The van der Waals surface area contributed by atoms with Gasteiger partial charge in [0, 0.05) is 0 Å². The fourth-order valence-electron chi connectivity index (χ4n) is 2.45. The second-order valence-corrected chi connectivity index (χ2v) is 6.34. The highest BCUT2D eigenvalue weighted by atomic mass is 19.4. The van der Waals surface area contributed by atoms with E-state index in [0.717, 1.165) is 29.2 Å². The van der Waals surface area contributed by atoms with Gasteiger partial charge in [0.05, 0.1) is 18.2 Å². The first-order valence-electron chi connectivity index (χ1n) is 7.46. The van der Waals surface area contributed by atoms with Crippen LogP contribution >= 0.6 is 0 Å². The number of imide groups is 1. The number of β-amino-alcohol motifs (C(OH)–C–C–N with tert-alkyl or cyclic N) is 1. The number of aliphatic hydroxyl groups is 1. The fraction of sp³-hybridized carbons (Fsp3) is 0.500. The predicted molar refractivity (Wildman–Crippen MR) is 79.9 cm³/mol. The number of alkyl halides is 3. The van der Waals surface area contributed by atoms with Crippen molar-refractivity contribution in [3.05, 3.63) is 35.4 Å². The van der Waals surface area contributed by atoms with Crippen molar-refractivity contribution >= 4 is 11.9 Å². The van der Waals surface area contributed by atoms with Crippen LogP contribution in [-0.4, -0.2) is 34.0 Å². The number of amides is 3. The number of urea groups is 1. The first-order chi connectivity index (χ1) is 11.0. The molecule has 1 heterocycles. The summed E-state index contributed by atoms with van der Waals surface area (Å²) >= 11 is 0. The summed E-state index contributed by atoms with van der Waals surface area (Å²) < 4.78 is 37.6. The Labute approximate surface area is 137 Å². The van der Waals surface area contributed by atoms with Crippen molar-refractivity contribution in [2.24, 2.45) is 5.92 Å². The topological polar surface area (TPSA) is 69.6 Å². The third-order valence-electron chi connectivity index (χ3n) is 4.43. The number of halogens is 3. The summed E-state index contributed by atoms with van der Waals surface area (Å²) in [7, 11) is 0. The van der Waals surface area contributed by atoms with Crippen molar-refractivity contribution in [1.82, 2.24) is 10.2 Å². The number of hydrogen-bond acceptors (Lipinski definition) is 3. The molecule has 2 unspecified atom stereocenters. The summed E-state index contributed by atoms with van der Waals surface area (Å²) in [6, 6.07) is 3.34. The quantitative estimate of drug-likeness (QED) is 0.825. The Morgan fingerprint density at radius 2 is 1.75 bits per heavy atom. The minimum absolute atomic E-state index is 0.151. The van der Waals surface area contributed by atoms with E-state index in [0.29, 0.717) is 0 Å². The summed E-state index contributed by atoms with van der Waals surface area (Å²) in [5.41, 5.74) is -1.70. The van der Waals surface area contributed by atoms with E-state index in [1.54, 1.807) is 20.8 Å². The molecule has 132 valence electrons. The van der Waals surface area contributed by atoms with Gasteiger partial charge in [-0.25, -0.2) is 4.79 Å². The number of benzene rings is 1. The zero-order valence-corrected chi connectivity index (χ0v) is 13.5. The first kappa shape index (κ1) is 18.3. The van der Waals surface area contributed by atoms with Crippen molar-refractivity contribution in [3.63, 3.8) is 0 Å². The van der Waals surface area contributed by atoms with E-state index in [2.05, 4.69) is 5.32 Å². The monoisotopic (exact) mass is 344 g/mol. The third kappa shape index (κ3) is 3.24. The maximum absolute atomic E-state index is 12.5. The number of nitrogens with one attached hydrogen (secondary N) is 1. The minimum atomic E-state index is -4.46. The van der Waals surface area contributed by atoms with Crippen molar-refractivity contribution < 1.29 is 27.9 Å². The molecule has 1 aromatic rings. The van der Waals surface area contributed by atoms with Gasteiger partial charge >= 0.3 is 12.2 Å². The van der Waals surface area contributed by atoms with E-state index >= 15 is 0 Å². The molecular weight excluding hydrogens is 325 g/mol. The summed E-state index contributed by atoms with van der Waals surface area (Å²) in [6.07, 6.45) is -5.73. The third-order valence-corrected chi connectivity index (χ3v) is 4.43. The summed E-state index contributed by atoms with van der Waals surface area (Å²) in [5, 5.41) is 12.8.